The molecule has 0 radical (unpaired) electrons. The van der Waals surface area contributed by atoms with Crippen LogP contribution in [-0.2, 0) is 28.5 Å². The lowest BCUT2D eigenvalue weighted by atomic mass is 9.98. The van der Waals surface area contributed by atoms with E-state index in [4.69, 9.17) is 4.74 Å². The monoisotopic (exact) mass is 556 g/mol. The van der Waals surface area contributed by atoms with Crippen LogP contribution in [0.25, 0.3) is 0 Å². The van der Waals surface area contributed by atoms with Gasteiger partial charge in [0.15, 0.2) is 0 Å². The van der Waals surface area contributed by atoms with Crippen LogP contribution in [0.2, 0.25) is 0 Å². The second-order valence-electron chi connectivity index (χ2n) is 7.85. The molecule has 2 rings (SSSR count). The number of aldehydes is 1. The molecule has 0 aliphatic heterocycles. The zero-order valence-corrected chi connectivity index (χ0v) is 23.6. The number of aliphatic hydroxyl groups is 1. The zero-order valence-electron chi connectivity index (χ0n) is 23.6. The number of aliphatic hydroxyl groups excluding tert-OH is 1. The van der Waals surface area contributed by atoms with Gasteiger partial charge in [0, 0.05) is 11.6 Å². The summed E-state index contributed by atoms with van der Waals surface area (Å²) in [6.07, 6.45) is 0.619. The van der Waals surface area contributed by atoms with E-state index in [1.807, 2.05) is 0 Å². The number of carbonyl (C=O) groups is 5. The molecule has 0 amide bonds. The van der Waals surface area contributed by atoms with Gasteiger partial charge in [-0.05, 0) is 56.5 Å². The predicted octanol–water partition coefficient (Wildman–Crippen LogP) is 4.26. The molecule has 0 bridgehead atoms. The maximum atomic E-state index is 11.6. The van der Waals surface area contributed by atoms with Crippen LogP contribution in [0.15, 0.2) is 61.2 Å². The summed E-state index contributed by atoms with van der Waals surface area (Å²) in [6, 6.07) is 9.68. The Hall–Kier alpha value is -4.57. The molecule has 0 spiro atoms. The molecule has 216 valence electrons. The minimum absolute atomic E-state index is 0.0773. The van der Waals surface area contributed by atoms with E-state index >= 15 is 0 Å². The van der Waals surface area contributed by atoms with Gasteiger partial charge >= 0.3 is 23.9 Å². The molecule has 0 aromatic heterocycles. The number of hydrogen-bond donors (Lipinski definition) is 1. The molecular weight excluding hydrogens is 520 g/mol. The van der Waals surface area contributed by atoms with Crippen molar-refractivity contribution in [3.63, 3.8) is 0 Å². The summed E-state index contributed by atoms with van der Waals surface area (Å²) in [6.45, 7) is 14.3. The average molecular weight is 557 g/mol. The fourth-order valence-electron chi connectivity index (χ4n) is 2.92. The van der Waals surface area contributed by atoms with E-state index in [0.29, 0.717) is 35.1 Å². The Labute approximate surface area is 234 Å². The highest BCUT2D eigenvalue weighted by molar-refractivity contribution is 5.93. The van der Waals surface area contributed by atoms with E-state index in [-0.39, 0.29) is 18.1 Å². The Balaban J connectivity index is 0.000000649. The standard InChI is InChI=1S/C15H18O5.C10H10O3.C5H8O2/c1-5-20-14(17)10(3)13(16)11-7-6-9(2)12(8-11)15(18)19-4;1-7-3-4-8(6-11)5-9(7)10(12)13-2;1-3-5(6)7-4-2/h6-8,13,16H,3,5H2,1-2,4H3;3-6H,1-2H3;3H,1,4H2,2H3. The third kappa shape index (κ3) is 11.4. The summed E-state index contributed by atoms with van der Waals surface area (Å²) in [5, 5.41) is 10.1. The van der Waals surface area contributed by atoms with Crippen molar-refractivity contribution in [2.24, 2.45) is 0 Å². The highest BCUT2D eigenvalue weighted by atomic mass is 16.5. The Morgan fingerprint density at radius 3 is 1.80 bits per heavy atom. The van der Waals surface area contributed by atoms with Crippen molar-refractivity contribution in [2.75, 3.05) is 27.4 Å². The SMILES string of the molecule is C=C(C(=O)OCC)C(O)c1ccc(C)c(C(=O)OC)c1.C=CC(=O)OCC.COC(=O)c1cc(C=O)ccc1C. The largest absolute Gasteiger partial charge is 0.465 e. The fraction of sp³-hybridized carbons (Fsp3) is 0.300. The lowest BCUT2D eigenvalue weighted by Crippen LogP contribution is -2.14. The first-order valence-electron chi connectivity index (χ1n) is 12.1. The number of carbonyl (C=O) groups excluding carboxylic acids is 5. The van der Waals surface area contributed by atoms with Crippen molar-refractivity contribution < 1.29 is 48.0 Å². The smallest absolute Gasteiger partial charge is 0.338 e. The summed E-state index contributed by atoms with van der Waals surface area (Å²) in [5.74, 6) is -1.94. The van der Waals surface area contributed by atoms with Crippen LogP contribution in [0.3, 0.4) is 0 Å². The molecule has 40 heavy (non-hydrogen) atoms. The predicted molar refractivity (Wildman–Crippen MR) is 148 cm³/mol. The van der Waals surface area contributed by atoms with Gasteiger partial charge in [-0.2, -0.15) is 0 Å². The Morgan fingerprint density at radius 2 is 1.38 bits per heavy atom. The highest BCUT2D eigenvalue weighted by Crippen LogP contribution is 2.24. The number of methoxy groups -OCH3 is 2. The normalized spacial score (nSPS) is 10.2. The lowest BCUT2D eigenvalue weighted by molar-refractivity contribution is -0.140. The van der Waals surface area contributed by atoms with Crippen molar-refractivity contribution in [1.29, 1.82) is 0 Å². The minimum Gasteiger partial charge on any atom is -0.465 e. The molecule has 0 saturated heterocycles. The molecule has 0 heterocycles. The number of ether oxygens (including phenoxy) is 4. The van der Waals surface area contributed by atoms with Gasteiger partial charge in [-0.15, -0.1) is 0 Å². The van der Waals surface area contributed by atoms with Crippen LogP contribution in [0.1, 0.15) is 67.7 Å². The van der Waals surface area contributed by atoms with E-state index in [2.05, 4.69) is 27.4 Å². The van der Waals surface area contributed by atoms with Gasteiger partial charge in [-0.3, -0.25) is 4.79 Å². The molecule has 0 saturated carbocycles. The summed E-state index contributed by atoms with van der Waals surface area (Å²) >= 11 is 0. The quantitative estimate of drug-likeness (QED) is 0.206. The van der Waals surface area contributed by atoms with Crippen LogP contribution in [-0.4, -0.2) is 62.7 Å². The molecule has 1 unspecified atom stereocenters. The molecule has 1 atom stereocenters. The number of esters is 4. The Kier molecular flexibility index (Phi) is 16.5. The molecular formula is C30H36O10. The summed E-state index contributed by atoms with van der Waals surface area (Å²) in [4.78, 5) is 54.8. The van der Waals surface area contributed by atoms with Crippen LogP contribution >= 0.6 is 0 Å². The lowest BCUT2D eigenvalue weighted by Gasteiger charge is -2.14. The molecule has 0 aliphatic rings. The summed E-state index contributed by atoms with van der Waals surface area (Å²) in [7, 11) is 2.60. The van der Waals surface area contributed by atoms with Crippen molar-refractivity contribution in [2.45, 2.75) is 33.8 Å². The molecule has 1 N–H and O–H groups in total. The van der Waals surface area contributed by atoms with Crippen LogP contribution in [0.4, 0.5) is 0 Å². The van der Waals surface area contributed by atoms with Gasteiger partial charge < -0.3 is 24.1 Å². The fourth-order valence-corrected chi connectivity index (χ4v) is 2.92. The van der Waals surface area contributed by atoms with Gasteiger partial charge in [0.05, 0.1) is 44.1 Å². The zero-order chi connectivity index (χ0) is 30.8. The number of hydrogen-bond acceptors (Lipinski definition) is 10. The van der Waals surface area contributed by atoms with Gasteiger partial charge in [0.25, 0.3) is 0 Å². The number of rotatable bonds is 9. The van der Waals surface area contributed by atoms with E-state index in [0.717, 1.165) is 17.2 Å². The van der Waals surface area contributed by atoms with Crippen molar-refractivity contribution in [3.8, 4) is 0 Å². The van der Waals surface area contributed by atoms with Crippen LogP contribution < -0.4 is 0 Å². The summed E-state index contributed by atoms with van der Waals surface area (Å²) in [5.41, 5.74) is 3.08. The van der Waals surface area contributed by atoms with Gasteiger partial charge in [-0.25, -0.2) is 19.2 Å². The van der Waals surface area contributed by atoms with Crippen molar-refractivity contribution in [1.82, 2.24) is 0 Å². The maximum absolute atomic E-state index is 11.6. The molecule has 0 aliphatic carbocycles. The average Bonchev–Trinajstić information content (AvgIpc) is 2.96. The van der Waals surface area contributed by atoms with E-state index in [9.17, 15) is 29.1 Å². The number of aryl methyl sites for hydroxylation is 2. The van der Waals surface area contributed by atoms with Crippen LogP contribution in [0.5, 0.6) is 0 Å². The second kappa shape index (κ2) is 18.6. The summed E-state index contributed by atoms with van der Waals surface area (Å²) < 4.78 is 18.4. The first-order chi connectivity index (χ1) is 18.9. The maximum Gasteiger partial charge on any atom is 0.338 e. The van der Waals surface area contributed by atoms with E-state index in [1.54, 1.807) is 52.0 Å². The van der Waals surface area contributed by atoms with Crippen molar-refractivity contribution >= 4 is 30.2 Å². The Morgan fingerprint density at radius 1 is 0.875 bits per heavy atom. The first-order valence-corrected chi connectivity index (χ1v) is 12.1. The first kappa shape index (κ1) is 35.4. The van der Waals surface area contributed by atoms with E-state index < -0.39 is 24.0 Å². The topological polar surface area (TPSA) is 142 Å². The molecule has 10 nitrogen and oxygen atoms in total. The Bertz CT molecular complexity index is 1210. The minimum atomic E-state index is -1.22. The molecule has 10 heteroatoms. The third-order valence-corrected chi connectivity index (χ3v) is 5.11. The van der Waals surface area contributed by atoms with Crippen molar-refractivity contribution in [3.05, 3.63) is 94.6 Å². The molecule has 2 aromatic rings. The highest BCUT2D eigenvalue weighted by Gasteiger charge is 2.21. The molecule has 2 aromatic carbocycles. The van der Waals surface area contributed by atoms with Gasteiger partial charge in [-0.1, -0.05) is 37.4 Å². The number of benzene rings is 2. The second-order valence-corrected chi connectivity index (χ2v) is 7.85. The van der Waals surface area contributed by atoms with Gasteiger partial charge in [0.2, 0.25) is 0 Å². The van der Waals surface area contributed by atoms with Crippen LogP contribution in [0, 0.1) is 13.8 Å². The third-order valence-electron chi connectivity index (χ3n) is 5.11. The molecule has 0 fully saturated rings. The van der Waals surface area contributed by atoms with E-state index in [1.165, 1.54) is 26.4 Å². The van der Waals surface area contributed by atoms with Gasteiger partial charge in [0.1, 0.15) is 12.4 Å².